The number of hydrogen-bond donors (Lipinski definition) is 1. The first-order valence-electron chi connectivity index (χ1n) is 13.0. The second kappa shape index (κ2) is 13.0. The molecule has 2 rings (SSSR count). The minimum atomic E-state index is -0.855. The molecule has 9 nitrogen and oxygen atoms in total. The molecule has 1 aliphatic heterocycles. The van der Waals surface area contributed by atoms with Crippen LogP contribution in [-0.2, 0) is 14.2 Å². The first-order chi connectivity index (χ1) is 18.0. The summed E-state index contributed by atoms with van der Waals surface area (Å²) in [6, 6.07) is 2.81. The van der Waals surface area contributed by atoms with Crippen LogP contribution < -0.4 is 10.5 Å². The topological polar surface area (TPSA) is 113 Å². The maximum atomic E-state index is 14.6. The fraction of sp³-hybridized carbons (Fsp3) is 0.552. The lowest BCUT2D eigenvalue weighted by atomic mass is 9.98. The first kappa shape index (κ1) is 31.7. The molecule has 0 radical (unpaired) electrons. The predicted molar refractivity (Wildman–Crippen MR) is 148 cm³/mol. The molecule has 1 aromatic rings. The number of rotatable bonds is 8. The molecule has 3 atom stereocenters. The van der Waals surface area contributed by atoms with Crippen LogP contribution in [0.3, 0.4) is 0 Å². The van der Waals surface area contributed by atoms with Gasteiger partial charge in [0.1, 0.15) is 41.2 Å². The third kappa shape index (κ3) is 9.60. The molecule has 1 aromatic carbocycles. The number of dihydropyridines is 1. The van der Waals surface area contributed by atoms with Gasteiger partial charge in [-0.3, -0.25) is 4.99 Å². The molecule has 0 fully saturated rings. The highest BCUT2D eigenvalue weighted by molar-refractivity contribution is 5.88. The summed E-state index contributed by atoms with van der Waals surface area (Å²) >= 11 is 0. The number of ether oxygens (including phenoxy) is 4. The van der Waals surface area contributed by atoms with Crippen molar-refractivity contribution in [1.82, 2.24) is 4.90 Å². The normalized spacial score (nSPS) is 18.4. The second-order valence-electron chi connectivity index (χ2n) is 11.4. The Hall–Kier alpha value is -3.56. The van der Waals surface area contributed by atoms with Gasteiger partial charge >= 0.3 is 12.2 Å². The van der Waals surface area contributed by atoms with Crippen molar-refractivity contribution in [2.75, 3.05) is 13.2 Å². The smallest absolute Gasteiger partial charge is 0.419 e. The number of nitrogens with zero attached hydrogens (tertiary/aromatic N) is 2. The van der Waals surface area contributed by atoms with Crippen molar-refractivity contribution in [2.45, 2.75) is 85.7 Å². The minimum absolute atomic E-state index is 0.0140. The molecule has 2 amide bonds. The molecule has 0 aliphatic carbocycles. The summed E-state index contributed by atoms with van der Waals surface area (Å²) in [6.45, 7) is 15.3. The van der Waals surface area contributed by atoms with Crippen molar-refractivity contribution in [2.24, 2.45) is 16.6 Å². The molecule has 216 valence electrons. The maximum Gasteiger partial charge on any atom is 0.419 e. The maximum absolute atomic E-state index is 14.6. The van der Waals surface area contributed by atoms with Crippen LogP contribution in [0.4, 0.5) is 14.0 Å². The van der Waals surface area contributed by atoms with Crippen molar-refractivity contribution in [3.05, 3.63) is 53.2 Å². The zero-order chi connectivity index (χ0) is 29.5. The second-order valence-corrected chi connectivity index (χ2v) is 11.4. The van der Waals surface area contributed by atoms with E-state index in [0.717, 1.165) is 4.90 Å². The lowest BCUT2D eigenvalue weighted by molar-refractivity contribution is -0.000774. The Bertz CT molecular complexity index is 1090. The van der Waals surface area contributed by atoms with Crippen LogP contribution in [0.2, 0.25) is 0 Å². The lowest BCUT2D eigenvalue weighted by Gasteiger charge is -2.29. The summed E-state index contributed by atoms with van der Waals surface area (Å²) in [5.41, 5.74) is 4.77. The van der Waals surface area contributed by atoms with Gasteiger partial charge in [-0.1, -0.05) is 6.08 Å². The van der Waals surface area contributed by atoms with Crippen molar-refractivity contribution < 1.29 is 32.9 Å². The van der Waals surface area contributed by atoms with E-state index in [1.807, 2.05) is 19.1 Å². The number of nitrogens with two attached hydrogens (primary N) is 1. The van der Waals surface area contributed by atoms with E-state index in [4.69, 9.17) is 24.7 Å². The average molecular weight is 548 g/mol. The van der Waals surface area contributed by atoms with E-state index in [-0.39, 0.29) is 25.1 Å². The van der Waals surface area contributed by atoms with E-state index >= 15 is 0 Å². The number of carbonyl (C=O) groups excluding carboxylic acids is 2. The zero-order valence-electron chi connectivity index (χ0n) is 24.4. The molecule has 39 heavy (non-hydrogen) atoms. The van der Waals surface area contributed by atoms with Gasteiger partial charge in [-0.15, -0.1) is 0 Å². The van der Waals surface area contributed by atoms with Crippen LogP contribution in [0.25, 0.3) is 0 Å². The van der Waals surface area contributed by atoms with Gasteiger partial charge in [-0.2, -0.15) is 0 Å². The molecule has 1 aliphatic rings. The third-order valence-electron chi connectivity index (χ3n) is 5.61. The van der Waals surface area contributed by atoms with Crippen LogP contribution in [0.1, 0.15) is 72.6 Å². The fourth-order valence-corrected chi connectivity index (χ4v) is 3.79. The molecule has 1 heterocycles. The largest absolute Gasteiger partial charge is 0.491 e. The third-order valence-corrected chi connectivity index (χ3v) is 5.61. The number of aliphatic imine (C=N–C) groups is 1. The highest BCUT2D eigenvalue weighted by Crippen LogP contribution is 2.34. The average Bonchev–Trinajstić information content (AvgIpc) is 2.78. The number of carbonyl (C=O) groups is 2. The lowest BCUT2D eigenvalue weighted by Crippen LogP contribution is -2.45. The molecule has 0 saturated carbocycles. The SMILES string of the molecule is Cc1c(F)ccc(OCCN(C(=O)OC(C)(C)C)C(=O)OC(C)(C)C)c1C(C)OC1=CC(/C=C\N)C(C)N=C1. The highest BCUT2D eigenvalue weighted by atomic mass is 19.1. The summed E-state index contributed by atoms with van der Waals surface area (Å²) < 4.78 is 37.4. The van der Waals surface area contributed by atoms with Gasteiger partial charge in [0, 0.05) is 11.5 Å². The Morgan fingerprint density at radius 1 is 1.13 bits per heavy atom. The highest BCUT2D eigenvalue weighted by Gasteiger charge is 2.31. The van der Waals surface area contributed by atoms with Crippen LogP contribution in [0.15, 0.2) is 41.2 Å². The molecule has 0 bridgehead atoms. The van der Waals surface area contributed by atoms with Crippen molar-refractivity contribution in [1.29, 1.82) is 0 Å². The van der Waals surface area contributed by atoms with Crippen molar-refractivity contribution in [3.63, 3.8) is 0 Å². The number of benzene rings is 1. The number of allylic oxidation sites excluding steroid dienone is 1. The van der Waals surface area contributed by atoms with Crippen LogP contribution in [0.5, 0.6) is 5.75 Å². The standard InChI is InChI=1S/C29H42FN3O6/c1-18-23(30)10-11-24(25(18)20(3)37-22-16-21(12-13-31)19(2)32-17-22)36-15-14-33(26(34)38-28(4,5)6)27(35)39-29(7,8)9/h10-13,16-17,19-21H,14-15,31H2,1-9H3/b13-12-. The van der Waals surface area contributed by atoms with E-state index in [1.54, 1.807) is 61.6 Å². The number of amides is 2. The number of halogens is 1. The molecule has 3 unspecified atom stereocenters. The van der Waals surface area contributed by atoms with Gasteiger partial charge in [0.2, 0.25) is 0 Å². The Kier molecular flexibility index (Phi) is 10.5. The Morgan fingerprint density at radius 3 is 2.26 bits per heavy atom. The van der Waals surface area contributed by atoms with E-state index in [0.29, 0.717) is 22.6 Å². The molecule has 0 spiro atoms. The fourth-order valence-electron chi connectivity index (χ4n) is 3.79. The quantitative estimate of drug-likeness (QED) is 0.412. The Balaban J connectivity index is 2.24. The predicted octanol–water partition coefficient (Wildman–Crippen LogP) is 6.21. The summed E-state index contributed by atoms with van der Waals surface area (Å²) in [6.07, 6.45) is 4.54. The number of imide groups is 1. The summed E-state index contributed by atoms with van der Waals surface area (Å²) in [4.78, 5) is 30.8. The van der Waals surface area contributed by atoms with Crippen molar-refractivity contribution >= 4 is 18.4 Å². The van der Waals surface area contributed by atoms with E-state index < -0.39 is 35.3 Å². The summed E-state index contributed by atoms with van der Waals surface area (Å²) in [7, 11) is 0. The minimum Gasteiger partial charge on any atom is -0.491 e. The number of hydrogen-bond acceptors (Lipinski definition) is 8. The molecule has 0 aromatic heterocycles. The Labute approximate surface area is 230 Å². The van der Waals surface area contributed by atoms with Gasteiger partial charge in [0.25, 0.3) is 0 Å². The Morgan fingerprint density at radius 2 is 1.72 bits per heavy atom. The van der Waals surface area contributed by atoms with Gasteiger partial charge in [0.15, 0.2) is 0 Å². The first-order valence-corrected chi connectivity index (χ1v) is 13.0. The van der Waals surface area contributed by atoms with Gasteiger partial charge in [0.05, 0.1) is 18.8 Å². The molecule has 10 heteroatoms. The monoisotopic (exact) mass is 547 g/mol. The molecule has 0 saturated heterocycles. The van der Waals surface area contributed by atoms with E-state index in [2.05, 4.69) is 4.99 Å². The molecular formula is C29H42FN3O6. The van der Waals surface area contributed by atoms with Crippen molar-refractivity contribution in [3.8, 4) is 5.75 Å². The van der Waals surface area contributed by atoms with E-state index in [1.165, 1.54) is 18.3 Å². The van der Waals surface area contributed by atoms with E-state index in [9.17, 15) is 14.0 Å². The van der Waals surface area contributed by atoms with Crippen LogP contribution >= 0.6 is 0 Å². The molecule has 2 N–H and O–H groups in total. The van der Waals surface area contributed by atoms with Gasteiger partial charge < -0.3 is 24.7 Å². The zero-order valence-corrected chi connectivity index (χ0v) is 24.4. The van der Waals surface area contributed by atoms with Gasteiger partial charge in [-0.05, 0) is 92.3 Å². The van der Waals surface area contributed by atoms with Crippen LogP contribution in [0, 0.1) is 18.7 Å². The van der Waals surface area contributed by atoms with Gasteiger partial charge in [-0.25, -0.2) is 18.9 Å². The summed E-state index contributed by atoms with van der Waals surface area (Å²) in [5.74, 6) is 0.438. The molecular weight excluding hydrogens is 505 g/mol. The van der Waals surface area contributed by atoms with Crippen LogP contribution in [-0.4, -0.2) is 53.7 Å². The summed E-state index contributed by atoms with van der Waals surface area (Å²) in [5, 5.41) is 0.